The van der Waals surface area contributed by atoms with E-state index in [1.54, 1.807) is 0 Å². The molecule has 0 bridgehead atoms. The maximum atomic E-state index is 12.3. The third-order valence-corrected chi connectivity index (χ3v) is 5.79. The van der Waals surface area contributed by atoms with Crippen molar-refractivity contribution in [1.82, 2.24) is 14.9 Å². The standard InChI is InChI=1S/C28H31N3O2/c1-21-14-16-23(17-15-21)28(32)29-18-7-13-27-30-24-10-4-5-11-25(24)31(27)19-8-20-33-26-12-6-3-9-22(26)2/h3-6,9-12,14-17H,7-8,13,18-20H2,1-2H3,(H,29,32). The van der Waals surface area contributed by atoms with E-state index in [1.165, 1.54) is 0 Å². The molecule has 5 heteroatoms. The summed E-state index contributed by atoms with van der Waals surface area (Å²) in [5, 5.41) is 3.02. The highest BCUT2D eigenvalue weighted by atomic mass is 16.5. The number of para-hydroxylation sites is 3. The number of rotatable bonds is 10. The van der Waals surface area contributed by atoms with Crippen molar-refractivity contribution in [3.63, 3.8) is 0 Å². The van der Waals surface area contributed by atoms with Crippen LogP contribution in [0.5, 0.6) is 5.75 Å². The van der Waals surface area contributed by atoms with Crippen molar-refractivity contribution in [3.05, 3.63) is 95.3 Å². The lowest BCUT2D eigenvalue weighted by Gasteiger charge is -2.12. The van der Waals surface area contributed by atoms with Crippen molar-refractivity contribution in [1.29, 1.82) is 0 Å². The minimum atomic E-state index is -0.0307. The van der Waals surface area contributed by atoms with E-state index in [0.717, 1.165) is 59.5 Å². The van der Waals surface area contributed by atoms with E-state index in [-0.39, 0.29) is 5.91 Å². The SMILES string of the molecule is Cc1ccc(C(=O)NCCCc2nc3ccccc3n2CCCOc2ccccc2C)cc1. The summed E-state index contributed by atoms with van der Waals surface area (Å²) in [6.45, 7) is 6.20. The zero-order valence-electron chi connectivity index (χ0n) is 19.4. The van der Waals surface area contributed by atoms with Gasteiger partial charge in [-0.1, -0.05) is 48.0 Å². The van der Waals surface area contributed by atoms with E-state index >= 15 is 0 Å². The quantitative estimate of drug-likeness (QED) is 0.331. The molecule has 0 saturated heterocycles. The van der Waals surface area contributed by atoms with Crippen LogP contribution in [0.4, 0.5) is 0 Å². The van der Waals surface area contributed by atoms with Crippen molar-refractivity contribution in [2.75, 3.05) is 13.2 Å². The van der Waals surface area contributed by atoms with Crippen molar-refractivity contribution in [3.8, 4) is 5.75 Å². The van der Waals surface area contributed by atoms with Crippen LogP contribution < -0.4 is 10.1 Å². The zero-order chi connectivity index (χ0) is 23.0. The highest BCUT2D eigenvalue weighted by Gasteiger charge is 2.11. The normalized spacial score (nSPS) is 11.0. The molecule has 33 heavy (non-hydrogen) atoms. The molecule has 0 unspecified atom stereocenters. The number of aromatic nitrogens is 2. The number of hydrogen-bond donors (Lipinski definition) is 1. The zero-order valence-corrected chi connectivity index (χ0v) is 19.4. The molecule has 170 valence electrons. The lowest BCUT2D eigenvalue weighted by Crippen LogP contribution is -2.25. The van der Waals surface area contributed by atoms with Crippen molar-refractivity contribution in [2.24, 2.45) is 0 Å². The third-order valence-electron chi connectivity index (χ3n) is 5.79. The smallest absolute Gasteiger partial charge is 0.251 e. The Hall–Kier alpha value is -3.60. The molecule has 0 aliphatic carbocycles. The summed E-state index contributed by atoms with van der Waals surface area (Å²) in [7, 11) is 0. The highest BCUT2D eigenvalue weighted by molar-refractivity contribution is 5.94. The number of nitrogens with zero attached hydrogens (tertiary/aromatic N) is 2. The maximum Gasteiger partial charge on any atom is 0.251 e. The van der Waals surface area contributed by atoms with Gasteiger partial charge in [0, 0.05) is 25.1 Å². The lowest BCUT2D eigenvalue weighted by molar-refractivity contribution is 0.0953. The molecule has 1 amide bonds. The largest absolute Gasteiger partial charge is 0.493 e. The fourth-order valence-electron chi connectivity index (χ4n) is 3.94. The number of hydrogen-bond acceptors (Lipinski definition) is 3. The van der Waals surface area contributed by atoms with E-state index in [9.17, 15) is 4.79 Å². The van der Waals surface area contributed by atoms with Crippen LogP contribution in [0.25, 0.3) is 11.0 Å². The molecule has 0 aliphatic rings. The Morgan fingerprint density at radius 1 is 0.939 bits per heavy atom. The van der Waals surface area contributed by atoms with Crippen molar-refractivity contribution < 1.29 is 9.53 Å². The van der Waals surface area contributed by atoms with Gasteiger partial charge in [-0.25, -0.2) is 4.98 Å². The second kappa shape index (κ2) is 10.8. The van der Waals surface area contributed by atoms with Crippen LogP contribution in [0.1, 0.15) is 40.2 Å². The van der Waals surface area contributed by atoms with Gasteiger partial charge < -0.3 is 14.6 Å². The second-order valence-corrected chi connectivity index (χ2v) is 8.36. The number of nitrogens with one attached hydrogen (secondary N) is 1. The monoisotopic (exact) mass is 441 g/mol. The van der Waals surface area contributed by atoms with Crippen molar-refractivity contribution >= 4 is 16.9 Å². The first-order valence-corrected chi connectivity index (χ1v) is 11.6. The molecule has 4 aromatic rings. The number of imidazole rings is 1. The number of carbonyl (C=O) groups is 1. The first-order valence-electron chi connectivity index (χ1n) is 11.6. The summed E-state index contributed by atoms with van der Waals surface area (Å²) in [6.07, 6.45) is 2.54. The Morgan fingerprint density at radius 3 is 2.52 bits per heavy atom. The molecule has 0 spiro atoms. The van der Waals surface area contributed by atoms with E-state index in [4.69, 9.17) is 9.72 Å². The Kier molecular flexibility index (Phi) is 7.40. The van der Waals surface area contributed by atoms with E-state index in [0.29, 0.717) is 18.7 Å². The maximum absolute atomic E-state index is 12.3. The Labute approximate surface area is 195 Å². The lowest BCUT2D eigenvalue weighted by atomic mass is 10.1. The van der Waals surface area contributed by atoms with E-state index in [2.05, 4.69) is 41.1 Å². The van der Waals surface area contributed by atoms with Gasteiger partial charge in [-0.3, -0.25) is 4.79 Å². The van der Waals surface area contributed by atoms with Gasteiger partial charge in [-0.15, -0.1) is 0 Å². The fourth-order valence-corrected chi connectivity index (χ4v) is 3.94. The molecular formula is C28H31N3O2. The van der Waals surface area contributed by atoms with E-state index in [1.807, 2.05) is 55.5 Å². The average molecular weight is 442 g/mol. The predicted octanol–water partition coefficient (Wildman–Crippen LogP) is 5.48. The molecule has 0 radical (unpaired) electrons. The average Bonchev–Trinajstić information content (AvgIpc) is 3.18. The number of amides is 1. The molecule has 0 saturated carbocycles. The van der Waals surface area contributed by atoms with Gasteiger partial charge in [-0.05, 0) is 62.6 Å². The Balaban J connectivity index is 1.33. The number of aryl methyl sites for hydroxylation is 4. The first kappa shape index (κ1) is 22.6. The summed E-state index contributed by atoms with van der Waals surface area (Å²) in [5.41, 5.74) is 5.15. The van der Waals surface area contributed by atoms with Crippen molar-refractivity contribution in [2.45, 2.75) is 39.7 Å². The molecule has 5 nitrogen and oxygen atoms in total. The summed E-state index contributed by atoms with van der Waals surface area (Å²) in [6, 6.07) is 24.0. The van der Waals surface area contributed by atoms with Crippen LogP contribution in [-0.4, -0.2) is 28.6 Å². The molecule has 3 aromatic carbocycles. The number of carbonyl (C=O) groups excluding carboxylic acids is 1. The molecule has 4 rings (SSSR count). The highest BCUT2D eigenvalue weighted by Crippen LogP contribution is 2.19. The topological polar surface area (TPSA) is 56.2 Å². The van der Waals surface area contributed by atoms with Gasteiger partial charge in [0.1, 0.15) is 11.6 Å². The van der Waals surface area contributed by atoms with Crippen LogP contribution in [0, 0.1) is 13.8 Å². The minimum absolute atomic E-state index is 0.0307. The predicted molar refractivity (Wildman–Crippen MR) is 133 cm³/mol. The van der Waals surface area contributed by atoms with Gasteiger partial charge in [0.05, 0.1) is 17.6 Å². The Morgan fingerprint density at radius 2 is 1.70 bits per heavy atom. The molecule has 0 atom stereocenters. The third kappa shape index (κ3) is 5.80. The van der Waals surface area contributed by atoms with Gasteiger partial charge >= 0.3 is 0 Å². The van der Waals surface area contributed by atoms with Gasteiger partial charge in [0.25, 0.3) is 5.91 Å². The summed E-state index contributed by atoms with van der Waals surface area (Å²) in [4.78, 5) is 17.2. The van der Waals surface area contributed by atoms with Crippen LogP contribution in [-0.2, 0) is 13.0 Å². The van der Waals surface area contributed by atoms with Crippen LogP contribution in [0.3, 0.4) is 0 Å². The Bertz CT molecular complexity index is 1210. The number of ether oxygens (including phenoxy) is 1. The minimum Gasteiger partial charge on any atom is -0.493 e. The summed E-state index contributed by atoms with van der Waals surface area (Å²) < 4.78 is 8.27. The molecule has 0 aliphatic heterocycles. The van der Waals surface area contributed by atoms with E-state index < -0.39 is 0 Å². The molecule has 1 N–H and O–H groups in total. The molecular weight excluding hydrogens is 410 g/mol. The summed E-state index contributed by atoms with van der Waals surface area (Å²) >= 11 is 0. The van der Waals surface area contributed by atoms with Crippen LogP contribution >= 0.6 is 0 Å². The second-order valence-electron chi connectivity index (χ2n) is 8.36. The first-order chi connectivity index (χ1) is 16.1. The van der Waals surface area contributed by atoms with Gasteiger partial charge in [-0.2, -0.15) is 0 Å². The molecule has 1 aromatic heterocycles. The fraction of sp³-hybridized carbons (Fsp3) is 0.286. The molecule has 0 fully saturated rings. The van der Waals surface area contributed by atoms with Crippen LogP contribution in [0.15, 0.2) is 72.8 Å². The van der Waals surface area contributed by atoms with Crippen LogP contribution in [0.2, 0.25) is 0 Å². The summed E-state index contributed by atoms with van der Waals surface area (Å²) in [5.74, 6) is 1.96. The number of benzene rings is 3. The van der Waals surface area contributed by atoms with Gasteiger partial charge in [0.2, 0.25) is 0 Å². The van der Waals surface area contributed by atoms with Gasteiger partial charge in [0.15, 0.2) is 0 Å². The molecule has 1 heterocycles. The number of fused-ring (bicyclic) bond motifs is 1.